The maximum Gasteiger partial charge on any atom is 0.261 e. The average molecular weight is 429 g/mol. The van der Waals surface area contributed by atoms with Crippen molar-refractivity contribution in [2.75, 3.05) is 10.2 Å². The zero-order valence-corrected chi connectivity index (χ0v) is 16.3. The fraction of sp³-hybridized carbons (Fsp3) is 0.100. The number of nitrogens with one attached hydrogen (secondary N) is 1. The third-order valence-electron chi connectivity index (χ3n) is 4.38. The summed E-state index contributed by atoms with van der Waals surface area (Å²) in [6.45, 7) is 2.03. The molecule has 0 radical (unpaired) electrons. The number of carbonyl (C=O) groups excluding carboxylic acids is 1. The molecule has 0 fully saturated rings. The van der Waals surface area contributed by atoms with Crippen LogP contribution < -0.4 is 10.2 Å². The van der Waals surface area contributed by atoms with Gasteiger partial charge in [0.05, 0.1) is 5.02 Å². The van der Waals surface area contributed by atoms with Crippen molar-refractivity contribution in [1.29, 1.82) is 0 Å². The molecule has 1 aliphatic heterocycles. The van der Waals surface area contributed by atoms with Crippen LogP contribution in [0.2, 0.25) is 5.02 Å². The lowest BCUT2D eigenvalue weighted by atomic mass is 10.1. The molecule has 0 aliphatic carbocycles. The van der Waals surface area contributed by atoms with Gasteiger partial charge in [-0.05, 0) is 48.9 Å². The lowest BCUT2D eigenvalue weighted by Gasteiger charge is -2.26. The summed E-state index contributed by atoms with van der Waals surface area (Å²) in [5.41, 5.74) is 3.65. The average Bonchev–Trinajstić information content (AvgIpc) is 2.92. The monoisotopic (exact) mass is 427 g/mol. The van der Waals surface area contributed by atoms with E-state index in [1.807, 2.05) is 49.4 Å². The summed E-state index contributed by atoms with van der Waals surface area (Å²) in [7, 11) is 0. The van der Waals surface area contributed by atoms with Crippen LogP contribution in [0.1, 0.15) is 27.7 Å². The molecule has 1 N–H and O–H groups in total. The van der Waals surface area contributed by atoms with E-state index in [0.29, 0.717) is 16.4 Å². The molecule has 4 rings (SSSR count). The molecule has 0 saturated heterocycles. The van der Waals surface area contributed by atoms with Gasteiger partial charge in [-0.1, -0.05) is 45.7 Å². The highest BCUT2D eigenvalue weighted by Gasteiger charge is 2.38. The van der Waals surface area contributed by atoms with Gasteiger partial charge in [0.2, 0.25) is 0 Å². The first-order valence-electron chi connectivity index (χ1n) is 8.11. The maximum absolute atomic E-state index is 13.0. The molecule has 1 amide bonds. The number of benzene rings is 2. The summed E-state index contributed by atoms with van der Waals surface area (Å²) in [6.07, 6.45) is 1.21. The lowest BCUT2D eigenvalue weighted by molar-refractivity contribution is 0.0992. The van der Waals surface area contributed by atoms with Crippen LogP contribution in [-0.4, -0.2) is 10.9 Å². The van der Waals surface area contributed by atoms with Crippen molar-refractivity contribution in [2.45, 2.75) is 13.1 Å². The predicted octanol–water partition coefficient (Wildman–Crippen LogP) is 5.58. The number of halogens is 2. The Hall–Kier alpha value is -2.37. The first-order valence-corrected chi connectivity index (χ1v) is 9.28. The second-order valence-corrected chi connectivity index (χ2v) is 7.40. The highest BCUT2D eigenvalue weighted by molar-refractivity contribution is 9.10. The molecule has 3 aromatic rings. The van der Waals surface area contributed by atoms with Gasteiger partial charge < -0.3 is 5.32 Å². The highest BCUT2D eigenvalue weighted by Crippen LogP contribution is 2.37. The van der Waals surface area contributed by atoms with Crippen molar-refractivity contribution < 1.29 is 4.79 Å². The van der Waals surface area contributed by atoms with Gasteiger partial charge in [0.15, 0.2) is 0 Å². The Kier molecular flexibility index (Phi) is 4.42. The van der Waals surface area contributed by atoms with E-state index in [2.05, 4.69) is 26.2 Å². The second kappa shape index (κ2) is 6.74. The molecule has 0 saturated carbocycles. The van der Waals surface area contributed by atoms with Crippen LogP contribution in [-0.2, 0) is 0 Å². The standard InChI is InChI=1S/C20H15BrClN3O/c1-12-10-14(7-8-17(12)21)24-19-15-4-2-3-5-16(15)20(26)25(19)18-9-6-13(22)11-23-18/h2-11,19,24H,1H3. The number of pyridine rings is 1. The van der Waals surface area contributed by atoms with Crippen LogP contribution in [0.25, 0.3) is 0 Å². The van der Waals surface area contributed by atoms with Gasteiger partial charge in [-0.15, -0.1) is 0 Å². The molecule has 130 valence electrons. The smallest absolute Gasteiger partial charge is 0.261 e. The minimum Gasteiger partial charge on any atom is -0.361 e. The Morgan fingerprint density at radius 1 is 1.15 bits per heavy atom. The van der Waals surface area contributed by atoms with Crippen molar-refractivity contribution in [2.24, 2.45) is 0 Å². The third kappa shape index (κ3) is 2.97. The van der Waals surface area contributed by atoms with Crippen LogP contribution in [0.5, 0.6) is 0 Å². The van der Waals surface area contributed by atoms with E-state index in [-0.39, 0.29) is 12.1 Å². The van der Waals surface area contributed by atoms with Gasteiger partial charge in [0.1, 0.15) is 12.0 Å². The fourth-order valence-corrected chi connectivity index (χ4v) is 3.46. The second-order valence-electron chi connectivity index (χ2n) is 6.11. The quantitative estimate of drug-likeness (QED) is 0.592. The lowest BCUT2D eigenvalue weighted by Crippen LogP contribution is -2.32. The van der Waals surface area contributed by atoms with Crippen molar-refractivity contribution in [3.05, 3.63) is 87.0 Å². The summed E-state index contributed by atoms with van der Waals surface area (Å²) < 4.78 is 1.04. The molecule has 4 nitrogen and oxygen atoms in total. The fourth-order valence-electron chi connectivity index (χ4n) is 3.10. The summed E-state index contributed by atoms with van der Waals surface area (Å²) in [5, 5.41) is 4.00. The van der Waals surface area contributed by atoms with Gasteiger partial charge >= 0.3 is 0 Å². The minimum absolute atomic E-state index is 0.0817. The SMILES string of the molecule is Cc1cc(NC2c3ccccc3C(=O)N2c2ccc(Cl)cn2)ccc1Br. The molecule has 1 aromatic heterocycles. The normalized spacial score (nSPS) is 15.9. The minimum atomic E-state index is -0.340. The van der Waals surface area contributed by atoms with E-state index in [0.717, 1.165) is 21.3 Å². The molecule has 2 aromatic carbocycles. The number of fused-ring (bicyclic) bond motifs is 1. The Morgan fingerprint density at radius 2 is 1.96 bits per heavy atom. The van der Waals surface area contributed by atoms with E-state index in [1.54, 1.807) is 23.2 Å². The molecule has 1 aliphatic rings. The molecule has 0 bridgehead atoms. The van der Waals surface area contributed by atoms with Crippen molar-refractivity contribution >= 4 is 44.9 Å². The van der Waals surface area contributed by atoms with Crippen molar-refractivity contribution in [3.63, 3.8) is 0 Å². The van der Waals surface area contributed by atoms with Crippen molar-refractivity contribution in [3.8, 4) is 0 Å². The van der Waals surface area contributed by atoms with Gasteiger partial charge in [0.25, 0.3) is 5.91 Å². The number of nitrogens with zero attached hydrogens (tertiary/aromatic N) is 2. The van der Waals surface area contributed by atoms with E-state index in [4.69, 9.17) is 11.6 Å². The number of rotatable bonds is 3. The van der Waals surface area contributed by atoms with E-state index in [1.165, 1.54) is 0 Å². The summed E-state index contributed by atoms with van der Waals surface area (Å²) in [5.74, 6) is 0.476. The maximum atomic E-state index is 13.0. The Balaban J connectivity index is 1.77. The summed E-state index contributed by atoms with van der Waals surface area (Å²) >= 11 is 9.47. The Morgan fingerprint density at radius 3 is 2.69 bits per heavy atom. The number of aryl methyl sites for hydroxylation is 1. The zero-order valence-electron chi connectivity index (χ0n) is 13.9. The van der Waals surface area contributed by atoms with Crippen LogP contribution >= 0.6 is 27.5 Å². The number of hydrogen-bond donors (Lipinski definition) is 1. The van der Waals surface area contributed by atoms with Crippen LogP contribution in [0.15, 0.2) is 65.3 Å². The summed E-state index contributed by atoms with van der Waals surface area (Å²) in [6, 6.07) is 17.1. The largest absolute Gasteiger partial charge is 0.361 e. The first kappa shape index (κ1) is 17.1. The highest BCUT2D eigenvalue weighted by atomic mass is 79.9. The van der Waals surface area contributed by atoms with E-state index >= 15 is 0 Å². The Labute approximate surface area is 164 Å². The Bertz CT molecular complexity index is 991. The zero-order chi connectivity index (χ0) is 18.3. The molecule has 1 unspecified atom stereocenters. The molecular weight excluding hydrogens is 414 g/mol. The molecule has 6 heteroatoms. The summed E-state index contributed by atoms with van der Waals surface area (Å²) in [4.78, 5) is 19.0. The molecule has 2 heterocycles. The van der Waals surface area contributed by atoms with Gasteiger partial charge in [-0.3, -0.25) is 9.69 Å². The molecular formula is C20H15BrClN3O. The molecule has 1 atom stereocenters. The molecule has 0 spiro atoms. The van der Waals surface area contributed by atoms with Gasteiger partial charge in [-0.2, -0.15) is 0 Å². The predicted molar refractivity (Wildman–Crippen MR) is 108 cm³/mol. The van der Waals surface area contributed by atoms with Crippen molar-refractivity contribution in [1.82, 2.24) is 4.98 Å². The van der Waals surface area contributed by atoms with Crippen LogP contribution in [0.4, 0.5) is 11.5 Å². The van der Waals surface area contributed by atoms with Crippen LogP contribution in [0.3, 0.4) is 0 Å². The number of hydrogen-bond acceptors (Lipinski definition) is 3. The number of carbonyl (C=O) groups is 1. The number of aromatic nitrogens is 1. The number of amides is 1. The topological polar surface area (TPSA) is 45.2 Å². The number of anilines is 2. The van der Waals surface area contributed by atoms with Gasteiger partial charge in [-0.25, -0.2) is 4.98 Å². The van der Waals surface area contributed by atoms with Gasteiger partial charge in [0, 0.05) is 27.5 Å². The molecule has 26 heavy (non-hydrogen) atoms. The van der Waals surface area contributed by atoms with Crippen LogP contribution in [0, 0.1) is 6.92 Å². The van der Waals surface area contributed by atoms with E-state index < -0.39 is 0 Å². The van der Waals surface area contributed by atoms with E-state index in [9.17, 15) is 4.79 Å². The first-order chi connectivity index (χ1) is 12.5. The third-order valence-corrected chi connectivity index (χ3v) is 5.50.